The topological polar surface area (TPSA) is 71.1 Å². The number of amides is 2. The first-order chi connectivity index (χ1) is 10.9. The molecule has 1 aromatic heterocycles. The maximum absolute atomic E-state index is 12.1. The van der Waals surface area contributed by atoms with Crippen molar-refractivity contribution in [3.63, 3.8) is 0 Å². The number of fused-ring (bicyclic) bond motifs is 1. The third-order valence-corrected chi connectivity index (χ3v) is 5.78. The molecule has 1 aliphatic rings. The molecular formula is C16H17N3O2S2. The number of nitrogens with one attached hydrogen (secondary N) is 2. The van der Waals surface area contributed by atoms with Gasteiger partial charge in [-0.2, -0.15) is 0 Å². The van der Waals surface area contributed by atoms with E-state index in [9.17, 15) is 9.59 Å². The fourth-order valence-electron chi connectivity index (χ4n) is 2.24. The van der Waals surface area contributed by atoms with Crippen molar-refractivity contribution in [3.8, 4) is 0 Å². The zero-order valence-corrected chi connectivity index (χ0v) is 14.7. The molecule has 1 aromatic carbocycles. The fourth-order valence-corrected chi connectivity index (χ4v) is 4.00. The van der Waals surface area contributed by atoms with Gasteiger partial charge in [0.25, 0.3) is 0 Å². The number of benzene rings is 1. The van der Waals surface area contributed by atoms with Gasteiger partial charge >= 0.3 is 0 Å². The van der Waals surface area contributed by atoms with Gasteiger partial charge in [0.05, 0.1) is 23.1 Å². The zero-order chi connectivity index (χ0) is 16.6. The van der Waals surface area contributed by atoms with Gasteiger partial charge in [0.2, 0.25) is 11.8 Å². The van der Waals surface area contributed by atoms with Crippen LogP contribution in [-0.2, 0) is 16.0 Å². The molecule has 7 heteroatoms. The minimum absolute atomic E-state index is 0.00200. The first-order valence-electron chi connectivity index (χ1n) is 7.26. The summed E-state index contributed by atoms with van der Waals surface area (Å²) in [7, 11) is 0. The lowest BCUT2D eigenvalue weighted by Crippen LogP contribution is -2.26. The molecule has 5 nitrogen and oxygen atoms in total. The molecule has 2 amide bonds. The number of aromatic nitrogens is 1. The Morgan fingerprint density at radius 2 is 2.17 bits per heavy atom. The normalized spacial score (nSPS) is 16.7. The van der Waals surface area contributed by atoms with Gasteiger partial charge < -0.3 is 10.6 Å². The summed E-state index contributed by atoms with van der Waals surface area (Å²) >= 11 is 3.01. The van der Waals surface area contributed by atoms with Crippen LogP contribution in [0.25, 0.3) is 0 Å². The Bertz CT molecular complexity index is 766. The second-order valence-electron chi connectivity index (χ2n) is 5.47. The molecule has 3 rings (SSSR count). The van der Waals surface area contributed by atoms with E-state index in [1.54, 1.807) is 0 Å². The highest BCUT2D eigenvalue weighted by Crippen LogP contribution is 2.36. The van der Waals surface area contributed by atoms with Crippen molar-refractivity contribution in [1.82, 2.24) is 4.98 Å². The van der Waals surface area contributed by atoms with Gasteiger partial charge in [-0.05, 0) is 38.5 Å². The van der Waals surface area contributed by atoms with Gasteiger partial charge in [-0.15, -0.1) is 23.1 Å². The molecule has 1 atom stereocenters. The predicted molar refractivity (Wildman–Crippen MR) is 94.3 cm³/mol. The molecule has 2 heterocycles. The van der Waals surface area contributed by atoms with E-state index in [1.807, 2.05) is 39.0 Å². The lowest BCUT2D eigenvalue weighted by atomic mass is 10.1. The summed E-state index contributed by atoms with van der Waals surface area (Å²) in [4.78, 5) is 30.3. The Morgan fingerprint density at radius 1 is 1.39 bits per heavy atom. The van der Waals surface area contributed by atoms with Gasteiger partial charge in [-0.25, -0.2) is 4.98 Å². The van der Waals surface area contributed by atoms with Crippen molar-refractivity contribution in [2.45, 2.75) is 37.3 Å². The average molecular weight is 347 g/mol. The zero-order valence-electron chi connectivity index (χ0n) is 13.1. The Hall–Kier alpha value is -1.86. The van der Waals surface area contributed by atoms with Crippen molar-refractivity contribution in [1.29, 1.82) is 0 Å². The summed E-state index contributed by atoms with van der Waals surface area (Å²) < 4.78 is 0. The smallest absolute Gasteiger partial charge is 0.237 e. The molecule has 0 saturated heterocycles. The van der Waals surface area contributed by atoms with Crippen LogP contribution in [0, 0.1) is 13.8 Å². The summed E-state index contributed by atoms with van der Waals surface area (Å²) in [6.45, 7) is 5.78. The van der Waals surface area contributed by atoms with E-state index in [2.05, 4.69) is 15.6 Å². The highest BCUT2D eigenvalue weighted by Gasteiger charge is 2.23. The fraction of sp³-hybridized carbons (Fsp3) is 0.312. The number of thioether (sulfide) groups is 1. The van der Waals surface area contributed by atoms with Crippen LogP contribution < -0.4 is 10.6 Å². The van der Waals surface area contributed by atoms with Gasteiger partial charge in [0, 0.05) is 9.77 Å². The van der Waals surface area contributed by atoms with Crippen LogP contribution in [0.1, 0.15) is 23.1 Å². The van der Waals surface area contributed by atoms with Crippen molar-refractivity contribution in [3.05, 3.63) is 34.3 Å². The summed E-state index contributed by atoms with van der Waals surface area (Å²) in [5, 5.41) is 6.24. The Kier molecular flexibility index (Phi) is 4.41. The van der Waals surface area contributed by atoms with Crippen LogP contribution in [0.4, 0.5) is 10.8 Å². The maximum atomic E-state index is 12.1. The van der Waals surface area contributed by atoms with Crippen molar-refractivity contribution < 1.29 is 9.59 Å². The third-order valence-electron chi connectivity index (χ3n) is 3.61. The van der Waals surface area contributed by atoms with Crippen LogP contribution >= 0.6 is 23.1 Å². The minimum atomic E-state index is -0.109. The monoisotopic (exact) mass is 347 g/mol. The first-order valence-corrected chi connectivity index (χ1v) is 8.96. The third kappa shape index (κ3) is 3.56. The van der Waals surface area contributed by atoms with E-state index in [1.165, 1.54) is 23.1 Å². The maximum Gasteiger partial charge on any atom is 0.237 e. The molecular weight excluding hydrogens is 330 g/mol. The van der Waals surface area contributed by atoms with Gasteiger partial charge in [0.15, 0.2) is 5.13 Å². The molecule has 120 valence electrons. The molecule has 1 aliphatic heterocycles. The molecule has 0 fully saturated rings. The van der Waals surface area contributed by atoms with Crippen LogP contribution in [0.15, 0.2) is 23.1 Å². The first kappa shape index (κ1) is 16.0. The molecule has 2 N–H and O–H groups in total. The number of aryl methyl sites for hydroxylation is 2. The largest absolute Gasteiger partial charge is 0.324 e. The summed E-state index contributed by atoms with van der Waals surface area (Å²) in [6, 6.07) is 5.74. The second kappa shape index (κ2) is 6.33. The van der Waals surface area contributed by atoms with E-state index < -0.39 is 0 Å². The molecule has 1 unspecified atom stereocenters. The average Bonchev–Trinajstić information content (AvgIpc) is 2.78. The quantitative estimate of drug-likeness (QED) is 0.893. The molecule has 23 heavy (non-hydrogen) atoms. The highest BCUT2D eigenvalue weighted by atomic mass is 32.2. The number of carbonyl (C=O) groups is 2. The predicted octanol–water partition coefficient (Wildman–Crippen LogP) is 3.37. The molecule has 0 aliphatic carbocycles. The van der Waals surface area contributed by atoms with Gasteiger partial charge in [-0.3, -0.25) is 9.59 Å². The Morgan fingerprint density at radius 3 is 2.87 bits per heavy atom. The molecule has 0 spiro atoms. The Balaban J connectivity index is 1.69. The standard InChI is InChI=1S/C16H17N3O2S2/c1-8-9(2)23-16(17-8)19-14(20)7-11-4-5-13-12(6-11)18-15(21)10(3)22-13/h4-6,10H,7H2,1-3H3,(H,18,21)(H,17,19,20). The van der Waals surface area contributed by atoms with Crippen molar-refractivity contribution in [2.75, 3.05) is 10.6 Å². The van der Waals surface area contributed by atoms with Crippen LogP contribution in [-0.4, -0.2) is 22.0 Å². The van der Waals surface area contributed by atoms with Crippen molar-refractivity contribution >= 4 is 45.7 Å². The van der Waals surface area contributed by atoms with Crippen LogP contribution in [0.5, 0.6) is 0 Å². The van der Waals surface area contributed by atoms with Crippen LogP contribution in [0.3, 0.4) is 0 Å². The Labute approximate surface area is 142 Å². The summed E-state index contributed by atoms with van der Waals surface area (Å²) in [5.74, 6) is -0.111. The molecule has 0 radical (unpaired) electrons. The molecule has 0 bridgehead atoms. The highest BCUT2D eigenvalue weighted by molar-refractivity contribution is 8.00. The number of anilines is 2. The second-order valence-corrected chi connectivity index (χ2v) is 8.05. The minimum Gasteiger partial charge on any atom is -0.324 e. The number of hydrogen-bond acceptors (Lipinski definition) is 5. The van der Waals surface area contributed by atoms with E-state index in [4.69, 9.17) is 0 Å². The van der Waals surface area contributed by atoms with Gasteiger partial charge in [0.1, 0.15) is 0 Å². The number of hydrogen-bond donors (Lipinski definition) is 2. The van der Waals surface area contributed by atoms with Gasteiger partial charge in [-0.1, -0.05) is 6.07 Å². The number of carbonyl (C=O) groups excluding carboxylic acids is 2. The van der Waals surface area contributed by atoms with E-state index in [0.717, 1.165) is 26.7 Å². The molecule has 2 aromatic rings. The van der Waals surface area contributed by atoms with E-state index in [-0.39, 0.29) is 23.5 Å². The summed E-state index contributed by atoms with van der Waals surface area (Å²) in [6.07, 6.45) is 0.251. The SMILES string of the molecule is Cc1nc(NC(=O)Cc2ccc3c(c2)NC(=O)C(C)S3)sc1C. The number of nitrogens with zero attached hydrogens (tertiary/aromatic N) is 1. The number of rotatable bonds is 3. The van der Waals surface area contributed by atoms with Crippen molar-refractivity contribution in [2.24, 2.45) is 0 Å². The van der Waals surface area contributed by atoms with E-state index in [0.29, 0.717) is 5.13 Å². The number of thiazole rings is 1. The van der Waals surface area contributed by atoms with Crippen LogP contribution in [0.2, 0.25) is 0 Å². The lowest BCUT2D eigenvalue weighted by Gasteiger charge is -2.21. The lowest BCUT2D eigenvalue weighted by molar-refractivity contribution is -0.116. The summed E-state index contributed by atoms with van der Waals surface area (Å²) in [5.41, 5.74) is 2.58. The molecule has 0 saturated carbocycles. The van der Waals surface area contributed by atoms with E-state index >= 15 is 0 Å².